The van der Waals surface area contributed by atoms with Gasteiger partial charge in [-0.05, 0) is 57.7 Å². The van der Waals surface area contributed by atoms with E-state index < -0.39 is 17.7 Å². The van der Waals surface area contributed by atoms with E-state index in [1.54, 1.807) is 0 Å². The zero-order valence-corrected chi connectivity index (χ0v) is 17.2. The number of ether oxygens (including phenoxy) is 1. The van der Waals surface area contributed by atoms with Crippen LogP contribution in [0.4, 0.5) is 10.5 Å². The lowest BCUT2D eigenvalue weighted by Crippen LogP contribution is -2.42. The fourth-order valence-electron chi connectivity index (χ4n) is 3.13. The zero-order valence-electron chi connectivity index (χ0n) is 17.2. The molecule has 156 valence electrons. The van der Waals surface area contributed by atoms with Gasteiger partial charge in [0.2, 0.25) is 5.91 Å². The topological polar surface area (TPSA) is 105 Å². The minimum absolute atomic E-state index is 0.00144. The molecule has 2 rings (SSSR count). The van der Waals surface area contributed by atoms with Crippen LogP contribution in [0.2, 0.25) is 0 Å². The summed E-state index contributed by atoms with van der Waals surface area (Å²) in [5.74, 6) is -0.0695. The highest BCUT2D eigenvalue weighted by atomic mass is 16.6. The molecule has 0 fully saturated rings. The van der Waals surface area contributed by atoms with Gasteiger partial charge in [-0.2, -0.15) is 0 Å². The lowest BCUT2D eigenvalue weighted by molar-refractivity contribution is -0.122. The smallest absolute Gasteiger partial charge is 0.407 e. The highest BCUT2D eigenvalue weighted by Crippen LogP contribution is 2.22. The van der Waals surface area contributed by atoms with Crippen LogP contribution < -0.4 is 21.7 Å². The summed E-state index contributed by atoms with van der Waals surface area (Å²) in [6.07, 6.45) is 3.90. The van der Waals surface area contributed by atoms with Gasteiger partial charge in [0.1, 0.15) is 11.6 Å². The molecule has 0 spiro atoms. The van der Waals surface area contributed by atoms with Crippen LogP contribution in [0.25, 0.3) is 0 Å². The maximum atomic E-state index is 12.6. The molecule has 2 amide bonds. The van der Waals surface area contributed by atoms with Gasteiger partial charge < -0.3 is 26.4 Å². The number of carbonyl (C=O) groups excluding carboxylic acids is 2. The van der Waals surface area contributed by atoms with Gasteiger partial charge in [0.25, 0.3) is 0 Å². The second-order valence-corrected chi connectivity index (χ2v) is 8.29. The van der Waals surface area contributed by atoms with Crippen molar-refractivity contribution in [3.63, 3.8) is 0 Å². The van der Waals surface area contributed by atoms with Crippen molar-refractivity contribution in [2.75, 3.05) is 18.4 Å². The van der Waals surface area contributed by atoms with E-state index in [4.69, 9.17) is 10.5 Å². The molecule has 7 heteroatoms. The van der Waals surface area contributed by atoms with Crippen LogP contribution in [0.5, 0.6) is 0 Å². The van der Waals surface area contributed by atoms with Crippen molar-refractivity contribution in [3.8, 4) is 0 Å². The Morgan fingerprint density at radius 2 is 2.07 bits per heavy atom. The van der Waals surface area contributed by atoms with E-state index in [9.17, 15) is 9.59 Å². The Labute approximate surface area is 167 Å². The number of nitrogens with one attached hydrogen (secondary N) is 3. The molecule has 0 saturated carbocycles. The highest BCUT2D eigenvalue weighted by molar-refractivity contribution is 5.84. The molecule has 1 aromatic carbocycles. The second-order valence-electron chi connectivity index (χ2n) is 8.29. The lowest BCUT2D eigenvalue weighted by Gasteiger charge is -2.22. The Hall–Kier alpha value is -2.28. The monoisotopic (exact) mass is 390 g/mol. The number of fused-ring (bicyclic) bond motifs is 2. The Morgan fingerprint density at radius 3 is 2.82 bits per heavy atom. The number of carbonyl (C=O) groups is 2. The lowest BCUT2D eigenvalue weighted by atomic mass is 10.0. The number of hydrogen-bond donors (Lipinski definition) is 4. The first-order chi connectivity index (χ1) is 13.2. The SMILES string of the molecule is CC(C)(C)OC(=O)NCC[C@@H]1Nc2cccc(c2)C(N)CCCCCNC1=O. The molecule has 1 aliphatic rings. The molecule has 0 radical (unpaired) electrons. The predicted octanol–water partition coefficient (Wildman–Crippen LogP) is 3.07. The number of nitrogens with two attached hydrogens (primary N) is 1. The normalized spacial score (nSPS) is 21.2. The molecule has 2 bridgehead atoms. The highest BCUT2D eigenvalue weighted by Gasteiger charge is 2.20. The van der Waals surface area contributed by atoms with E-state index >= 15 is 0 Å². The number of amides is 2. The summed E-state index contributed by atoms with van der Waals surface area (Å²) in [5, 5.41) is 9.00. The number of anilines is 1. The van der Waals surface area contributed by atoms with Crippen LogP contribution in [0.15, 0.2) is 24.3 Å². The van der Waals surface area contributed by atoms with Crippen molar-refractivity contribution < 1.29 is 14.3 Å². The molecule has 1 heterocycles. The van der Waals surface area contributed by atoms with E-state index in [0.29, 0.717) is 19.5 Å². The quantitative estimate of drug-likeness (QED) is 0.635. The van der Waals surface area contributed by atoms with E-state index in [-0.39, 0.29) is 11.9 Å². The Morgan fingerprint density at radius 1 is 1.29 bits per heavy atom. The standard InChI is InChI=1S/C21H34N4O3/c1-21(2,3)28-20(27)24-13-11-18-19(26)23-12-6-4-5-10-17(22)15-8-7-9-16(14-15)25-18/h7-9,14,17-18,25H,4-6,10-13,22H2,1-3H3,(H,23,26)(H,24,27)/t17?,18-/m0/s1. The van der Waals surface area contributed by atoms with Gasteiger partial charge in [0.05, 0.1) is 0 Å². The molecule has 1 aromatic rings. The number of benzene rings is 1. The largest absolute Gasteiger partial charge is 0.444 e. The molecule has 1 unspecified atom stereocenters. The molecular weight excluding hydrogens is 356 g/mol. The van der Waals surface area contributed by atoms with Crippen molar-refractivity contribution in [3.05, 3.63) is 29.8 Å². The second kappa shape index (κ2) is 10.3. The summed E-state index contributed by atoms with van der Waals surface area (Å²) in [5.41, 5.74) is 7.68. The van der Waals surface area contributed by atoms with Crippen LogP contribution in [0.3, 0.4) is 0 Å². The first kappa shape index (κ1) is 22.0. The fraction of sp³-hybridized carbons (Fsp3) is 0.619. The number of alkyl carbamates (subject to hydrolysis) is 1. The molecular formula is C21H34N4O3. The molecule has 7 nitrogen and oxygen atoms in total. The van der Waals surface area contributed by atoms with Gasteiger partial charge in [0, 0.05) is 24.8 Å². The summed E-state index contributed by atoms with van der Waals surface area (Å²) in [6.45, 7) is 6.42. The number of hydrogen-bond acceptors (Lipinski definition) is 5. The third kappa shape index (κ3) is 7.76. The average Bonchev–Trinajstić information content (AvgIpc) is 2.62. The van der Waals surface area contributed by atoms with Gasteiger partial charge in [-0.15, -0.1) is 0 Å². The maximum absolute atomic E-state index is 12.6. The van der Waals surface area contributed by atoms with E-state index in [1.165, 1.54) is 0 Å². The van der Waals surface area contributed by atoms with Crippen molar-refractivity contribution >= 4 is 17.7 Å². The minimum atomic E-state index is -0.551. The van der Waals surface area contributed by atoms with E-state index in [1.807, 2.05) is 45.0 Å². The van der Waals surface area contributed by atoms with Crippen LogP contribution in [0.1, 0.15) is 64.5 Å². The van der Waals surface area contributed by atoms with Gasteiger partial charge in [-0.25, -0.2) is 4.79 Å². The summed E-state index contributed by atoms with van der Waals surface area (Å²) >= 11 is 0. The van der Waals surface area contributed by atoms with Crippen molar-refractivity contribution in [2.45, 2.75) is 70.6 Å². The predicted molar refractivity (Wildman–Crippen MR) is 111 cm³/mol. The Bertz CT molecular complexity index is 657. The average molecular weight is 391 g/mol. The minimum Gasteiger partial charge on any atom is -0.444 e. The number of rotatable bonds is 3. The first-order valence-corrected chi connectivity index (χ1v) is 10.1. The summed E-state index contributed by atoms with van der Waals surface area (Å²) < 4.78 is 5.24. The summed E-state index contributed by atoms with van der Waals surface area (Å²) in [4.78, 5) is 24.5. The molecule has 28 heavy (non-hydrogen) atoms. The molecule has 2 atom stereocenters. The molecule has 1 aliphatic heterocycles. The van der Waals surface area contributed by atoms with Crippen LogP contribution >= 0.6 is 0 Å². The van der Waals surface area contributed by atoms with Gasteiger partial charge in [-0.3, -0.25) is 4.79 Å². The third-order valence-electron chi connectivity index (χ3n) is 4.56. The maximum Gasteiger partial charge on any atom is 0.407 e. The zero-order chi connectivity index (χ0) is 20.6. The van der Waals surface area contributed by atoms with Crippen LogP contribution in [-0.2, 0) is 9.53 Å². The Balaban J connectivity index is 2.03. The molecule has 5 N–H and O–H groups in total. The van der Waals surface area contributed by atoms with Gasteiger partial charge >= 0.3 is 6.09 Å². The molecule has 0 saturated heterocycles. The third-order valence-corrected chi connectivity index (χ3v) is 4.56. The molecule has 0 aliphatic carbocycles. The van der Waals surface area contributed by atoms with Crippen molar-refractivity contribution in [1.82, 2.24) is 10.6 Å². The summed E-state index contributed by atoms with van der Waals surface area (Å²) in [6, 6.07) is 7.45. The van der Waals surface area contributed by atoms with E-state index in [2.05, 4.69) is 16.0 Å². The summed E-state index contributed by atoms with van der Waals surface area (Å²) in [7, 11) is 0. The Kier molecular flexibility index (Phi) is 8.11. The molecule has 0 aromatic heterocycles. The van der Waals surface area contributed by atoms with Crippen LogP contribution in [0, 0.1) is 0 Å². The fourth-order valence-corrected chi connectivity index (χ4v) is 3.13. The van der Waals surface area contributed by atoms with Gasteiger partial charge in [-0.1, -0.05) is 25.0 Å². The van der Waals surface area contributed by atoms with E-state index in [0.717, 1.165) is 36.9 Å². The van der Waals surface area contributed by atoms with Crippen molar-refractivity contribution in [2.24, 2.45) is 5.73 Å². The van der Waals surface area contributed by atoms with Gasteiger partial charge in [0.15, 0.2) is 0 Å². The first-order valence-electron chi connectivity index (χ1n) is 10.1. The van der Waals surface area contributed by atoms with Crippen LogP contribution in [-0.4, -0.2) is 36.7 Å². The van der Waals surface area contributed by atoms with Crippen molar-refractivity contribution in [1.29, 1.82) is 0 Å².